The molecule has 2 aromatic heterocycles. The van der Waals surface area contributed by atoms with E-state index in [9.17, 15) is 13.2 Å². The van der Waals surface area contributed by atoms with Crippen LogP contribution in [0.5, 0.6) is 0 Å². The second-order valence-corrected chi connectivity index (χ2v) is 6.89. The number of benzene rings is 2. The summed E-state index contributed by atoms with van der Waals surface area (Å²) in [6.45, 7) is 0.514. The largest absolute Gasteiger partial charge is 0.416 e. The summed E-state index contributed by atoms with van der Waals surface area (Å²) in [4.78, 5) is 0. The number of thioether (sulfide) groups is 1. The average Bonchev–Trinajstić information content (AvgIpc) is 3.36. The number of nitrogens with zero attached hydrogens (tertiary/aromatic N) is 8. The van der Waals surface area contributed by atoms with Crippen molar-refractivity contribution in [3.05, 3.63) is 71.5 Å². The molecular formula is C17H13F3N8S. The molecule has 0 saturated heterocycles. The number of rotatable bonds is 6. The van der Waals surface area contributed by atoms with E-state index in [1.165, 1.54) is 28.6 Å². The molecule has 12 heteroatoms. The van der Waals surface area contributed by atoms with Gasteiger partial charge in [-0.1, -0.05) is 42.1 Å². The van der Waals surface area contributed by atoms with Crippen LogP contribution in [0.3, 0.4) is 0 Å². The van der Waals surface area contributed by atoms with Crippen LogP contribution >= 0.6 is 11.8 Å². The second-order valence-electron chi connectivity index (χ2n) is 5.94. The third-order valence-electron chi connectivity index (χ3n) is 3.98. The van der Waals surface area contributed by atoms with Crippen molar-refractivity contribution >= 4 is 11.8 Å². The van der Waals surface area contributed by atoms with E-state index in [2.05, 4.69) is 31.1 Å². The van der Waals surface area contributed by atoms with Gasteiger partial charge in [0.2, 0.25) is 5.16 Å². The van der Waals surface area contributed by atoms with Gasteiger partial charge in [0.15, 0.2) is 5.82 Å². The highest BCUT2D eigenvalue weighted by Crippen LogP contribution is 2.29. The molecule has 0 radical (unpaired) electrons. The normalized spacial score (nSPS) is 11.7. The minimum absolute atomic E-state index is 0.336. The predicted molar refractivity (Wildman–Crippen MR) is 97.1 cm³/mol. The maximum absolute atomic E-state index is 12.7. The van der Waals surface area contributed by atoms with Crippen LogP contribution in [0.25, 0.3) is 5.69 Å². The van der Waals surface area contributed by atoms with Crippen molar-refractivity contribution in [2.75, 3.05) is 0 Å². The van der Waals surface area contributed by atoms with Crippen LogP contribution in [-0.4, -0.2) is 40.4 Å². The summed E-state index contributed by atoms with van der Waals surface area (Å²) in [7, 11) is 0. The van der Waals surface area contributed by atoms with Gasteiger partial charge in [0.1, 0.15) is 0 Å². The van der Waals surface area contributed by atoms with Crippen LogP contribution in [0.2, 0.25) is 0 Å². The second kappa shape index (κ2) is 7.99. The van der Waals surface area contributed by atoms with Crippen molar-refractivity contribution in [3.63, 3.8) is 0 Å². The lowest BCUT2D eigenvalue weighted by Crippen LogP contribution is -2.07. The Bertz CT molecular complexity index is 1080. The Morgan fingerprint density at radius 2 is 1.59 bits per heavy atom. The minimum Gasteiger partial charge on any atom is -0.216 e. The molecule has 0 spiro atoms. The first-order valence-electron chi connectivity index (χ1n) is 8.38. The molecule has 29 heavy (non-hydrogen) atoms. The van der Waals surface area contributed by atoms with Crippen molar-refractivity contribution in [1.29, 1.82) is 0 Å². The quantitative estimate of drug-likeness (QED) is 0.445. The summed E-state index contributed by atoms with van der Waals surface area (Å²) in [5, 5.41) is 23.8. The lowest BCUT2D eigenvalue weighted by molar-refractivity contribution is -0.137. The summed E-state index contributed by atoms with van der Waals surface area (Å²) < 4.78 is 41.3. The molecule has 0 fully saturated rings. The third kappa shape index (κ3) is 4.42. The number of hydrogen-bond donors (Lipinski definition) is 0. The monoisotopic (exact) mass is 418 g/mol. The summed E-state index contributed by atoms with van der Waals surface area (Å²) in [5.74, 6) is 0.799. The van der Waals surface area contributed by atoms with Crippen LogP contribution in [0.4, 0.5) is 13.2 Å². The van der Waals surface area contributed by atoms with Gasteiger partial charge in [0.25, 0.3) is 0 Å². The van der Waals surface area contributed by atoms with Crippen molar-refractivity contribution in [1.82, 2.24) is 40.4 Å². The van der Waals surface area contributed by atoms with Crippen LogP contribution in [0.15, 0.2) is 59.8 Å². The first kappa shape index (κ1) is 19.1. The molecule has 0 N–H and O–H groups in total. The highest BCUT2D eigenvalue weighted by Gasteiger charge is 2.30. The first-order valence-corrected chi connectivity index (χ1v) is 9.37. The Kier molecular flexibility index (Phi) is 5.25. The zero-order chi connectivity index (χ0) is 20.3. The summed E-state index contributed by atoms with van der Waals surface area (Å²) >= 11 is 1.33. The molecular weight excluding hydrogens is 405 g/mol. The Labute approximate surface area is 166 Å². The van der Waals surface area contributed by atoms with Crippen molar-refractivity contribution in [2.24, 2.45) is 0 Å². The van der Waals surface area contributed by atoms with Gasteiger partial charge in [-0.3, -0.25) is 0 Å². The van der Waals surface area contributed by atoms with Crippen LogP contribution in [-0.2, 0) is 18.5 Å². The fourth-order valence-corrected chi connectivity index (χ4v) is 3.35. The van der Waals surface area contributed by atoms with E-state index in [4.69, 9.17) is 0 Å². The lowest BCUT2D eigenvalue weighted by Gasteiger charge is -2.08. The highest BCUT2D eigenvalue weighted by molar-refractivity contribution is 7.98. The molecule has 148 valence electrons. The minimum atomic E-state index is -4.40. The highest BCUT2D eigenvalue weighted by atomic mass is 32.2. The number of hydrogen-bond acceptors (Lipinski definition) is 7. The molecule has 0 atom stereocenters. The molecule has 0 saturated carbocycles. The van der Waals surface area contributed by atoms with Gasteiger partial charge >= 0.3 is 6.18 Å². The Morgan fingerprint density at radius 3 is 2.31 bits per heavy atom. The predicted octanol–water partition coefficient (Wildman–Crippen LogP) is 3.01. The van der Waals surface area contributed by atoms with Crippen molar-refractivity contribution in [3.8, 4) is 5.69 Å². The van der Waals surface area contributed by atoms with Gasteiger partial charge in [0.05, 0.1) is 23.5 Å². The van der Waals surface area contributed by atoms with E-state index in [-0.39, 0.29) is 0 Å². The molecule has 2 heterocycles. The zero-order valence-electron chi connectivity index (χ0n) is 14.7. The molecule has 0 bridgehead atoms. The van der Waals surface area contributed by atoms with Crippen LogP contribution < -0.4 is 0 Å². The maximum Gasteiger partial charge on any atom is 0.416 e. The lowest BCUT2D eigenvalue weighted by atomic mass is 10.2. The molecule has 2 aromatic carbocycles. The number of halogens is 3. The summed E-state index contributed by atoms with van der Waals surface area (Å²) in [5.41, 5.74) is 0.754. The van der Waals surface area contributed by atoms with Gasteiger partial charge in [-0.2, -0.15) is 17.9 Å². The van der Waals surface area contributed by atoms with Gasteiger partial charge in [0, 0.05) is 0 Å². The Hall–Kier alpha value is -3.28. The number of aromatic nitrogens is 8. The van der Waals surface area contributed by atoms with E-state index in [1.807, 2.05) is 30.3 Å². The van der Waals surface area contributed by atoms with E-state index in [0.29, 0.717) is 29.0 Å². The molecule has 4 rings (SSSR count). The van der Waals surface area contributed by atoms with Crippen LogP contribution in [0.1, 0.15) is 17.0 Å². The van der Waals surface area contributed by atoms with Gasteiger partial charge < -0.3 is 0 Å². The topological polar surface area (TPSA) is 87.2 Å². The molecule has 8 nitrogen and oxygen atoms in total. The van der Waals surface area contributed by atoms with Crippen molar-refractivity contribution in [2.45, 2.75) is 23.6 Å². The third-order valence-corrected chi connectivity index (χ3v) is 4.93. The fourth-order valence-electron chi connectivity index (χ4n) is 2.57. The van der Waals surface area contributed by atoms with Gasteiger partial charge in [-0.05, 0) is 50.7 Å². The first-order chi connectivity index (χ1) is 14.0. The van der Waals surface area contributed by atoms with Gasteiger partial charge in [-0.25, -0.2) is 4.68 Å². The number of alkyl halides is 3. The van der Waals surface area contributed by atoms with E-state index >= 15 is 0 Å². The van der Waals surface area contributed by atoms with E-state index in [1.54, 1.807) is 4.68 Å². The van der Waals surface area contributed by atoms with Crippen LogP contribution in [0, 0.1) is 0 Å². The van der Waals surface area contributed by atoms with Gasteiger partial charge in [-0.15, -0.1) is 10.2 Å². The molecule has 0 unspecified atom stereocenters. The molecule has 0 aliphatic carbocycles. The smallest absolute Gasteiger partial charge is 0.216 e. The fraction of sp³-hybridized carbons (Fsp3) is 0.176. The Balaban J connectivity index is 1.48. The maximum atomic E-state index is 12.7. The van der Waals surface area contributed by atoms with E-state index in [0.717, 1.165) is 17.7 Å². The molecule has 0 aliphatic rings. The SMILES string of the molecule is FC(F)(F)c1ccc(-n2nnnc2CSc2nnnn2Cc2ccccc2)cc1. The average molecular weight is 418 g/mol. The molecule has 0 amide bonds. The zero-order valence-corrected chi connectivity index (χ0v) is 15.5. The van der Waals surface area contributed by atoms with E-state index < -0.39 is 11.7 Å². The number of tetrazole rings is 2. The standard InChI is InChI=1S/C17H13F3N8S/c18-17(19,20)13-6-8-14(9-7-13)28-15(21-23-26-28)11-29-16-22-24-25-27(16)10-12-4-2-1-3-5-12/h1-9H,10-11H2. The molecule has 0 aliphatic heterocycles. The van der Waals surface area contributed by atoms with Crippen molar-refractivity contribution < 1.29 is 13.2 Å². The molecule has 4 aromatic rings. The summed E-state index contributed by atoms with van der Waals surface area (Å²) in [6.07, 6.45) is -4.40. The summed E-state index contributed by atoms with van der Waals surface area (Å²) in [6, 6.07) is 14.4. The Morgan fingerprint density at radius 1 is 0.862 bits per heavy atom.